The number of hydrogen-bond acceptors (Lipinski definition) is 4. The molecule has 0 aromatic carbocycles. The van der Waals surface area contributed by atoms with Crippen LogP contribution in [0.5, 0.6) is 0 Å². The smallest absolute Gasteiger partial charge is 0.344 e. The minimum Gasteiger partial charge on any atom is -0.460 e. The maximum atomic E-state index is 11.7. The van der Waals surface area contributed by atoms with Crippen LogP contribution in [0.1, 0.15) is 46.5 Å². The summed E-state index contributed by atoms with van der Waals surface area (Å²) in [7, 11) is 0. The number of ether oxygens (including phenoxy) is 2. The van der Waals surface area contributed by atoms with Crippen molar-refractivity contribution in [2.45, 2.75) is 52.6 Å². The van der Waals surface area contributed by atoms with Gasteiger partial charge in [0.15, 0.2) is 6.61 Å². The Morgan fingerprint density at radius 1 is 1.26 bits per heavy atom. The van der Waals surface area contributed by atoms with Gasteiger partial charge in [0.05, 0.1) is 0 Å². The predicted octanol–water partition coefficient (Wildman–Crippen LogP) is 2.86. The van der Waals surface area contributed by atoms with E-state index in [1.54, 1.807) is 0 Å². The van der Waals surface area contributed by atoms with Gasteiger partial charge in [0.25, 0.3) is 0 Å². The summed E-state index contributed by atoms with van der Waals surface area (Å²) < 4.78 is 10.2. The molecule has 0 aliphatic heterocycles. The Balaban J connectivity index is 2.50. The quantitative estimate of drug-likeness (QED) is 0.581. The lowest BCUT2D eigenvalue weighted by Gasteiger charge is -2.39. The first kappa shape index (κ1) is 15.7. The summed E-state index contributed by atoms with van der Waals surface area (Å²) in [4.78, 5) is 22.6. The van der Waals surface area contributed by atoms with Crippen LogP contribution in [0.3, 0.4) is 0 Å². The molecule has 0 aromatic heterocycles. The standard InChI is InChI=1S/C15H24O4/c1-5-13(16)18-10-14(17)19-12-9-7-6-8-11(12)15(2,3)4/h5,11-12H,1,6-10H2,2-4H3. The zero-order chi connectivity index (χ0) is 14.5. The highest BCUT2D eigenvalue weighted by Crippen LogP contribution is 2.39. The van der Waals surface area contributed by atoms with Gasteiger partial charge >= 0.3 is 11.9 Å². The fraction of sp³-hybridized carbons (Fsp3) is 0.733. The molecule has 0 heterocycles. The van der Waals surface area contributed by atoms with Gasteiger partial charge in [-0.2, -0.15) is 0 Å². The number of hydrogen-bond donors (Lipinski definition) is 0. The van der Waals surface area contributed by atoms with E-state index in [1.807, 2.05) is 0 Å². The van der Waals surface area contributed by atoms with Crippen molar-refractivity contribution in [3.63, 3.8) is 0 Å². The molecule has 0 radical (unpaired) electrons. The minimum atomic E-state index is -0.604. The zero-order valence-corrected chi connectivity index (χ0v) is 12.1. The molecule has 1 saturated carbocycles. The number of carbonyl (C=O) groups excluding carboxylic acids is 2. The topological polar surface area (TPSA) is 52.6 Å². The average molecular weight is 268 g/mol. The minimum absolute atomic E-state index is 0.0660. The summed E-state index contributed by atoms with van der Waals surface area (Å²) >= 11 is 0. The summed E-state index contributed by atoms with van der Waals surface area (Å²) in [6.45, 7) is 9.44. The molecule has 1 fully saturated rings. The first-order valence-electron chi connectivity index (χ1n) is 6.83. The van der Waals surface area contributed by atoms with Crippen molar-refractivity contribution >= 4 is 11.9 Å². The molecule has 0 saturated heterocycles. The zero-order valence-electron chi connectivity index (χ0n) is 12.1. The lowest BCUT2D eigenvalue weighted by atomic mass is 9.71. The van der Waals surface area contributed by atoms with E-state index in [0.29, 0.717) is 5.92 Å². The number of esters is 2. The molecular weight excluding hydrogens is 244 g/mol. The third-order valence-corrected chi connectivity index (χ3v) is 3.60. The Morgan fingerprint density at radius 3 is 2.47 bits per heavy atom. The largest absolute Gasteiger partial charge is 0.460 e. The van der Waals surface area contributed by atoms with Crippen molar-refractivity contribution in [3.8, 4) is 0 Å². The molecule has 1 rings (SSSR count). The second kappa shape index (κ2) is 6.73. The Hall–Kier alpha value is -1.32. The molecule has 108 valence electrons. The summed E-state index contributed by atoms with van der Waals surface area (Å²) in [5.74, 6) is -0.718. The van der Waals surface area contributed by atoms with Crippen LogP contribution in [0, 0.1) is 11.3 Å². The van der Waals surface area contributed by atoms with E-state index in [4.69, 9.17) is 4.74 Å². The normalized spacial score (nSPS) is 23.5. The predicted molar refractivity (Wildman–Crippen MR) is 72.4 cm³/mol. The molecule has 2 unspecified atom stereocenters. The number of rotatable bonds is 4. The van der Waals surface area contributed by atoms with Gasteiger partial charge in [-0.15, -0.1) is 0 Å². The summed E-state index contributed by atoms with van der Waals surface area (Å²) in [6.07, 6.45) is 5.20. The second-order valence-corrected chi connectivity index (χ2v) is 6.10. The molecule has 2 atom stereocenters. The second-order valence-electron chi connectivity index (χ2n) is 6.10. The first-order valence-corrected chi connectivity index (χ1v) is 6.83. The highest BCUT2D eigenvalue weighted by atomic mass is 16.6. The van der Waals surface area contributed by atoms with Crippen LogP contribution in [0.4, 0.5) is 0 Å². The van der Waals surface area contributed by atoms with Gasteiger partial charge in [-0.3, -0.25) is 0 Å². The summed E-state index contributed by atoms with van der Waals surface area (Å²) in [5.41, 5.74) is 0.114. The molecule has 1 aliphatic carbocycles. The Labute approximate surface area is 115 Å². The maximum absolute atomic E-state index is 11.7. The van der Waals surface area contributed by atoms with Crippen molar-refractivity contribution < 1.29 is 19.1 Å². The van der Waals surface area contributed by atoms with Crippen LogP contribution in [0.2, 0.25) is 0 Å². The Morgan fingerprint density at radius 2 is 1.89 bits per heavy atom. The van der Waals surface area contributed by atoms with Crippen molar-refractivity contribution in [2.75, 3.05) is 6.61 Å². The van der Waals surface area contributed by atoms with E-state index in [-0.39, 0.29) is 18.1 Å². The first-order chi connectivity index (χ1) is 8.84. The molecule has 19 heavy (non-hydrogen) atoms. The van der Waals surface area contributed by atoms with E-state index in [0.717, 1.165) is 25.3 Å². The molecule has 4 heteroatoms. The third kappa shape index (κ3) is 5.05. The van der Waals surface area contributed by atoms with Crippen LogP contribution in [-0.4, -0.2) is 24.6 Å². The lowest BCUT2D eigenvalue weighted by molar-refractivity contribution is -0.165. The Bertz CT molecular complexity index is 341. The fourth-order valence-electron chi connectivity index (χ4n) is 2.62. The van der Waals surface area contributed by atoms with Gasteiger partial charge in [-0.05, 0) is 24.7 Å². The lowest BCUT2D eigenvalue weighted by Crippen LogP contribution is -2.38. The number of carbonyl (C=O) groups is 2. The maximum Gasteiger partial charge on any atom is 0.344 e. The van der Waals surface area contributed by atoms with Gasteiger partial charge in [-0.1, -0.05) is 33.8 Å². The van der Waals surface area contributed by atoms with Gasteiger partial charge in [-0.25, -0.2) is 9.59 Å². The SMILES string of the molecule is C=CC(=O)OCC(=O)OC1CCCCC1C(C)(C)C. The van der Waals surface area contributed by atoms with Crippen molar-refractivity contribution in [2.24, 2.45) is 11.3 Å². The molecule has 0 bridgehead atoms. The van der Waals surface area contributed by atoms with Gasteiger partial charge in [0.1, 0.15) is 6.10 Å². The molecule has 4 nitrogen and oxygen atoms in total. The summed E-state index contributed by atoms with van der Waals surface area (Å²) in [5, 5.41) is 0. The summed E-state index contributed by atoms with van der Waals surface area (Å²) in [6, 6.07) is 0. The molecule has 1 aliphatic rings. The highest BCUT2D eigenvalue weighted by Gasteiger charge is 2.36. The van der Waals surface area contributed by atoms with Gasteiger partial charge in [0, 0.05) is 12.0 Å². The van der Waals surface area contributed by atoms with E-state index in [2.05, 4.69) is 32.1 Å². The van der Waals surface area contributed by atoms with Crippen LogP contribution in [-0.2, 0) is 19.1 Å². The monoisotopic (exact) mass is 268 g/mol. The molecule has 0 amide bonds. The molecule has 0 aromatic rings. The van der Waals surface area contributed by atoms with Crippen molar-refractivity contribution in [1.29, 1.82) is 0 Å². The van der Waals surface area contributed by atoms with Gasteiger partial charge < -0.3 is 9.47 Å². The van der Waals surface area contributed by atoms with Crippen LogP contribution in [0.25, 0.3) is 0 Å². The van der Waals surface area contributed by atoms with E-state index >= 15 is 0 Å². The van der Waals surface area contributed by atoms with E-state index in [9.17, 15) is 9.59 Å². The molecule has 0 N–H and O–H groups in total. The van der Waals surface area contributed by atoms with Crippen LogP contribution >= 0.6 is 0 Å². The highest BCUT2D eigenvalue weighted by molar-refractivity contribution is 5.83. The van der Waals surface area contributed by atoms with Crippen molar-refractivity contribution in [1.82, 2.24) is 0 Å². The Kier molecular flexibility index (Phi) is 5.58. The average Bonchev–Trinajstić information content (AvgIpc) is 2.35. The van der Waals surface area contributed by atoms with E-state index in [1.165, 1.54) is 6.42 Å². The third-order valence-electron chi connectivity index (χ3n) is 3.60. The molecule has 0 spiro atoms. The van der Waals surface area contributed by atoms with Gasteiger partial charge in [0.2, 0.25) is 0 Å². The van der Waals surface area contributed by atoms with E-state index < -0.39 is 11.9 Å². The van der Waals surface area contributed by atoms with Crippen LogP contribution in [0.15, 0.2) is 12.7 Å². The molecular formula is C15H24O4. The fourth-order valence-corrected chi connectivity index (χ4v) is 2.62. The van der Waals surface area contributed by atoms with Crippen molar-refractivity contribution in [3.05, 3.63) is 12.7 Å². The van der Waals surface area contributed by atoms with Crippen LogP contribution < -0.4 is 0 Å².